The maximum atomic E-state index is 14.4. The second kappa shape index (κ2) is 12.8. The first-order chi connectivity index (χ1) is 14.3. The van der Waals surface area contributed by atoms with Gasteiger partial charge in [-0.2, -0.15) is 0 Å². The van der Waals surface area contributed by atoms with E-state index in [0.717, 1.165) is 36.2 Å². The molecule has 0 heterocycles. The average Bonchev–Trinajstić information content (AvgIpc) is 2.71. The minimum absolute atomic E-state index is 0.0897. The lowest BCUT2D eigenvalue weighted by Crippen LogP contribution is -2.35. The van der Waals surface area contributed by atoms with Gasteiger partial charge in [-0.15, -0.1) is 12.8 Å². The maximum Gasteiger partial charge on any atom is 0.258 e. The van der Waals surface area contributed by atoms with Crippen molar-refractivity contribution in [2.24, 2.45) is 0 Å². The molecule has 0 aliphatic rings. The number of rotatable bonds is 9. The van der Waals surface area contributed by atoms with Crippen molar-refractivity contribution in [1.82, 2.24) is 14.7 Å². The van der Waals surface area contributed by atoms with E-state index in [2.05, 4.69) is 12.8 Å². The molecule has 2 aromatic rings. The van der Waals surface area contributed by atoms with E-state index in [9.17, 15) is 18.0 Å². The Hall–Kier alpha value is -2.71. The van der Waals surface area contributed by atoms with Crippen LogP contribution in [0, 0.1) is 30.3 Å². The summed E-state index contributed by atoms with van der Waals surface area (Å²) in [7, 11) is 3.69. The lowest BCUT2D eigenvalue weighted by Gasteiger charge is -2.22. The number of amides is 1. The Morgan fingerprint density at radius 1 is 1.10 bits per heavy atom. The Morgan fingerprint density at radius 2 is 1.67 bits per heavy atom. The van der Waals surface area contributed by atoms with Gasteiger partial charge in [0, 0.05) is 18.0 Å². The largest absolute Gasteiger partial charge is 0.451 e. The first-order valence-corrected chi connectivity index (χ1v) is 9.32. The minimum Gasteiger partial charge on any atom is -0.451 e. The van der Waals surface area contributed by atoms with Gasteiger partial charge >= 0.3 is 0 Å². The number of carbonyl (C=O) groups is 1. The van der Waals surface area contributed by atoms with Gasteiger partial charge in [0.2, 0.25) is 0 Å². The van der Waals surface area contributed by atoms with Gasteiger partial charge in [-0.25, -0.2) is 23.0 Å². The second-order valence-corrected chi connectivity index (χ2v) is 7.24. The quantitative estimate of drug-likeness (QED) is 0.269. The predicted octanol–water partition coefficient (Wildman–Crippen LogP) is 3.52. The topological polar surface area (TPSA) is 65.0 Å². The number of hydrogen-bond donors (Lipinski definition) is 2. The molecule has 0 radical (unpaired) electrons. The van der Waals surface area contributed by atoms with Crippen molar-refractivity contribution in [3.63, 3.8) is 0 Å². The van der Waals surface area contributed by atoms with Gasteiger partial charge in [0.25, 0.3) is 5.91 Å². The standard InChI is InChI=1S/C18H20F3N3O3S.C2H2/c1-23(2)7-8-24(11-17(25)22-26)28-14-9-15(20)18(16(21)10-14)27-13-5-3-12(19)4-6-13;1-2/h3-6,9-10,26H,7-8,11H2,1-2H3,(H,22,25);1-2H. The lowest BCUT2D eigenvalue weighted by atomic mass is 10.3. The highest BCUT2D eigenvalue weighted by molar-refractivity contribution is 7.97. The molecule has 0 unspecified atom stereocenters. The second-order valence-electron chi connectivity index (χ2n) is 6.07. The molecule has 2 rings (SSSR count). The van der Waals surface area contributed by atoms with E-state index in [1.54, 1.807) is 4.31 Å². The summed E-state index contributed by atoms with van der Waals surface area (Å²) in [5.74, 6) is -3.54. The molecule has 6 nitrogen and oxygen atoms in total. The predicted molar refractivity (Wildman–Crippen MR) is 109 cm³/mol. The molecular formula is C20H22F3N3O3S. The number of benzene rings is 2. The smallest absolute Gasteiger partial charge is 0.258 e. The Labute approximate surface area is 177 Å². The van der Waals surface area contributed by atoms with Crippen molar-refractivity contribution in [3.05, 3.63) is 53.8 Å². The lowest BCUT2D eigenvalue weighted by molar-refractivity contribution is -0.129. The first kappa shape index (κ1) is 25.3. The summed E-state index contributed by atoms with van der Waals surface area (Å²) in [4.78, 5) is 13.5. The summed E-state index contributed by atoms with van der Waals surface area (Å²) in [6, 6.07) is 6.90. The monoisotopic (exact) mass is 441 g/mol. The minimum atomic E-state index is -0.939. The highest BCUT2D eigenvalue weighted by Gasteiger charge is 2.18. The van der Waals surface area contributed by atoms with Crippen LogP contribution >= 0.6 is 11.9 Å². The number of halogens is 3. The van der Waals surface area contributed by atoms with Crippen LogP contribution in [-0.2, 0) is 4.79 Å². The zero-order chi connectivity index (χ0) is 22.7. The van der Waals surface area contributed by atoms with E-state index >= 15 is 0 Å². The normalized spacial score (nSPS) is 10.5. The third-order valence-corrected chi connectivity index (χ3v) is 4.50. The van der Waals surface area contributed by atoms with Crippen LogP contribution < -0.4 is 10.2 Å². The molecular weight excluding hydrogens is 419 g/mol. The van der Waals surface area contributed by atoms with Crippen molar-refractivity contribution in [1.29, 1.82) is 0 Å². The molecule has 0 atom stereocenters. The summed E-state index contributed by atoms with van der Waals surface area (Å²) in [6.45, 7) is 0.816. The number of nitrogens with zero attached hydrogens (tertiary/aromatic N) is 2. The van der Waals surface area contributed by atoms with Gasteiger partial charge in [0.05, 0.1) is 6.54 Å². The SMILES string of the molecule is C#C.CN(C)CCN(CC(=O)NO)Sc1cc(F)c(Oc2ccc(F)cc2)c(F)c1. The van der Waals surface area contributed by atoms with Crippen molar-refractivity contribution in [2.75, 3.05) is 33.7 Å². The Balaban J connectivity index is 0.00000218. The van der Waals surface area contributed by atoms with Crippen molar-refractivity contribution in [2.45, 2.75) is 4.90 Å². The molecule has 2 aromatic carbocycles. The molecule has 0 aromatic heterocycles. The van der Waals surface area contributed by atoms with Crippen LogP contribution in [-0.4, -0.2) is 54.0 Å². The van der Waals surface area contributed by atoms with Crippen molar-refractivity contribution >= 4 is 17.9 Å². The van der Waals surface area contributed by atoms with E-state index in [-0.39, 0.29) is 17.2 Å². The van der Waals surface area contributed by atoms with Crippen LogP contribution in [0.3, 0.4) is 0 Å². The number of ether oxygens (including phenoxy) is 1. The zero-order valence-electron chi connectivity index (χ0n) is 16.4. The maximum absolute atomic E-state index is 14.4. The van der Waals surface area contributed by atoms with Crippen LogP contribution in [0.5, 0.6) is 11.5 Å². The van der Waals surface area contributed by atoms with Gasteiger partial charge in [-0.3, -0.25) is 10.0 Å². The molecule has 2 N–H and O–H groups in total. The fourth-order valence-electron chi connectivity index (χ4n) is 2.12. The molecule has 0 aliphatic heterocycles. The summed E-state index contributed by atoms with van der Waals surface area (Å²) >= 11 is 0.969. The van der Waals surface area contributed by atoms with Crippen LogP contribution in [0.25, 0.3) is 0 Å². The van der Waals surface area contributed by atoms with E-state index in [0.29, 0.717) is 13.1 Å². The molecule has 0 saturated heterocycles. The molecule has 0 spiro atoms. The van der Waals surface area contributed by atoms with Crippen molar-refractivity contribution in [3.8, 4) is 24.3 Å². The summed E-state index contributed by atoms with van der Waals surface area (Å²) in [5.41, 5.74) is 1.53. The number of nitrogens with one attached hydrogen (secondary N) is 1. The van der Waals surface area contributed by atoms with Gasteiger partial charge in [-0.05, 0) is 62.4 Å². The van der Waals surface area contributed by atoms with Crippen LogP contribution in [0.2, 0.25) is 0 Å². The number of terminal acetylenes is 1. The molecule has 162 valence electrons. The highest BCUT2D eigenvalue weighted by Crippen LogP contribution is 2.33. The number of hydroxylamine groups is 1. The van der Waals surface area contributed by atoms with Crippen LogP contribution in [0.4, 0.5) is 13.2 Å². The van der Waals surface area contributed by atoms with Gasteiger partial charge in [0.15, 0.2) is 17.4 Å². The van der Waals surface area contributed by atoms with Gasteiger partial charge in [0.1, 0.15) is 11.6 Å². The van der Waals surface area contributed by atoms with E-state index in [4.69, 9.17) is 9.94 Å². The third-order valence-electron chi connectivity index (χ3n) is 3.48. The molecule has 10 heteroatoms. The Bertz CT molecular complexity index is 825. The average molecular weight is 441 g/mol. The van der Waals surface area contributed by atoms with Crippen LogP contribution in [0.1, 0.15) is 0 Å². The van der Waals surface area contributed by atoms with Gasteiger partial charge < -0.3 is 9.64 Å². The molecule has 0 aliphatic carbocycles. The molecule has 1 amide bonds. The molecule has 0 fully saturated rings. The Kier molecular flexibility index (Phi) is 10.8. The highest BCUT2D eigenvalue weighted by atomic mass is 32.2. The van der Waals surface area contributed by atoms with Crippen molar-refractivity contribution < 1.29 is 27.9 Å². The fourth-order valence-corrected chi connectivity index (χ4v) is 3.09. The fraction of sp³-hybridized carbons (Fsp3) is 0.250. The van der Waals surface area contributed by atoms with E-state index in [1.807, 2.05) is 19.0 Å². The number of likely N-dealkylation sites (N-methyl/N-ethyl adjacent to an activating group) is 1. The number of hydrogen-bond acceptors (Lipinski definition) is 6. The number of carbonyl (C=O) groups excluding carboxylic acids is 1. The van der Waals surface area contributed by atoms with E-state index < -0.39 is 29.1 Å². The van der Waals surface area contributed by atoms with Gasteiger partial charge in [-0.1, -0.05) is 0 Å². The molecule has 30 heavy (non-hydrogen) atoms. The summed E-state index contributed by atoms with van der Waals surface area (Å²) < 4.78 is 48.4. The van der Waals surface area contributed by atoms with Crippen LogP contribution in [0.15, 0.2) is 41.3 Å². The summed E-state index contributed by atoms with van der Waals surface area (Å²) in [6.07, 6.45) is 8.00. The molecule has 0 bridgehead atoms. The molecule has 0 saturated carbocycles. The first-order valence-electron chi connectivity index (χ1n) is 8.55. The summed E-state index contributed by atoms with van der Waals surface area (Å²) in [5, 5.41) is 8.70. The third kappa shape index (κ3) is 8.34. The zero-order valence-corrected chi connectivity index (χ0v) is 17.3. The Morgan fingerprint density at radius 3 is 2.17 bits per heavy atom. The van der Waals surface area contributed by atoms with E-state index in [1.165, 1.54) is 17.6 Å².